The highest BCUT2D eigenvalue weighted by molar-refractivity contribution is 5.74. The minimum Gasteiger partial charge on any atom is -0.331 e. The zero-order chi connectivity index (χ0) is 16.1. The molecule has 1 unspecified atom stereocenters. The number of aryl methyl sites for hydroxylation is 1. The van der Waals surface area contributed by atoms with Gasteiger partial charge < -0.3 is 14.8 Å². The topological polar surface area (TPSA) is 63.1 Å². The van der Waals surface area contributed by atoms with Crippen molar-refractivity contribution in [1.29, 1.82) is 0 Å². The molecule has 0 aliphatic carbocycles. The number of fused-ring (bicyclic) bond motifs is 1. The van der Waals surface area contributed by atoms with Crippen LogP contribution in [0.3, 0.4) is 0 Å². The molecule has 3 heterocycles. The lowest BCUT2D eigenvalue weighted by Gasteiger charge is -2.21. The van der Waals surface area contributed by atoms with Crippen LogP contribution < -0.4 is 5.32 Å². The second-order valence-corrected chi connectivity index (χ2v) is 6.85. The van der Waals surface area contributed by atoms with Crippen LogP contribution in [0.15, 0.2) is 0 Å². The number of rotatable bonds is 3. The minimum absolute atomic E-state index is 0.0488. The van der Waals surface area contributed by atoms with Crippen molar-refractivity contribution in [3.05, 3.63) is 11.6 Å². The van der Waals surface area contributed by atoms with Crippen LogP contribution in [0.5, 0.6) is 0 Å². The van der Waals surface area contributed by atoms with Gasteiger partial charge in [-0.3, -0.25) is 0 Å². The number of carbonyl (C=O) groups excluding carboxylic acids is 1. The number of likely N-dealkylation sites (tertiary alicyclic amines) is 1. The van der Waals surface area contributed by atoms with E-state index in [1.807, 2.05) is 4.90 Å². The van der Waals surface area contributed by atoms with E-state index in [2.05, 4.69) is 27.0 Å². The molecule has 1 fully saturated rings. The Balaban J connectivity index is 1.54. The fraction of sp³-hybridized carbons (Fsp3) is 0.824. The standard InChI is InChI=1S/C17H29N5O/c1-2-14-7-6-10-21(12-9-14)17(23)18-13-16-20-19-15-8-4-3-5-11-22(15)16/h14H,2-13H2,1H3,(H,18,23). The third kappa shape index (κ3) is 4.03. The molecule has 6 heteroatoms. The predicted octanol–water partition coefficient (Wildman–Crippen LogP) is 2.73. The Morgan fingerprint density at radius 1 is 1.13 bits per heavy atom. The number of carbonyl (C=O) groups is 1. The predicted molar refractivity (Wildman–Crippen MR) is 89.0 cm³/mol. The molecule has 0 saturated carbocycles. The molecule has 128 valence electrons. The molecule has 2 aliphatic heterocycles. The zero-order valence-corrected chi connectivity index (χ0v) is 14.3. The van der Waals surface area contributed by atoms with Gasteiger partial charge in [-0.1, -0.05) is 19.8 Å². The minimum atomic E-state index is 0.0488. The molecule has 0 radical (unpaired) electrons. The number of hydrogen-bond donors (Lipinski definition) is 1. The van der Waals surface area contributed by atoms with Gasteiger partial charge in [0.25, 0.3) is 0 Å². The molecular formula is C17H29N5O. The van der Waals surface area contributed by atoms with Crippen LogP contribution in [0, 0.1) is 5.92 Å². The van der Waals surface area contributed by atoms with E-state index < -0.39 is 0 Å². The monoisotopic (exact) mass is 319 g/mol. The van der Waals surface area contributed by atoms with Crippen molar-refractivity contribution in [1.82, 2.24) is 25.0 Å². The van der Waals surface area contributed by atoms with Crippen molar-refractivity contribution in [2.75, 3.05) is 13.1 Å². The molecule has 1 aromatic rings. The Bertz CT molecular complexity index is 527. The summed E-state index contributed by atoms with van der Waals surface area (Å²) in [5.41, 5.74) is 0. The molecule has 1 aromatic heterocycles. The highest BCUT2D eigenvalue weighted by Gasteiger charge is 2.20. The van der Waals surface area contributed by atoms with Crippen LogP contribution in [0.2, 0.25) is 0 Å². The number of urea groups is 1. The number of aromatic nitrogens is 3. The van der Waals surface area contributed by atoms with Crippen LogP contribution >= 0.6 is 0 Å². The Morgan fingerprint density at radius 3 is 2.91 bits per heavy atom. The van der Waals surface area contributed by atoms with E-state index in [1.54, 1.807) is 0 Å². The normalized spacial score (nSPS) is 22.1. The Labute approximate surface area is 138 Å². The molecule has 2 amide bonds. The summed E-state index contributed by atoms with van der Waals surface area (Å²) in [6, 6.07) is 0.0488. The second kappa shape index (κ2) is 7.79. The lowest BCUT2D eigenvalue weighted by Crippen LogP contribution is -2.40. The van der Waals surface area contributed by atoms with E-state index in [0.29, 0.717) is 6.54 Å². The van der Waals surface area contributed by atoms with Crippen LogP contribution in [0.4, 0.5) is 4.79 Å². The summed E-state index contributed by atoms with van der Waals surface area (Å²) in [7, 11) is 0. The lowest BCUT2D eigenvalue weighted by molar-refractivity contribution is 0.198. The van der Waals surface area contributed by atoms with Crippen LogP contribution in [-0.4, -0.2) is 38.8 Å². The fourth-order valence-electron chi connectivity index (χ4n) is 3.72. The van der Waals surface area contributed by atoms with Gasteiger partial charge in [-0.25, -0.2) is 4.79 Å². The molecule has 2 aliphatic rings. The highest BCUT2D eigenvalue weighted by Crippen LogP contribution is 2.20. The van der Waals surface area contributed by atoms with Crippen molar-refractivity contribution in [2.45, 2.75) is 71.4 Å². The van der Waals surface area contributed by atoms with E-state index in [-0.39, 0.29) is 6.03 Å². The molecule has 1 saturated heterocycles. The lowest BCUT2D eigenvalue weighted by atomic mass is 9.98. The summed E-state index contributed by atoms with van der Waals surface area (Å²) in [6.07, 6.45) is 9.34. The van der Waals surface area contributed by atoms with Gasteiger partial charge in [0.15, 0.2) is 5.82 Å². The SMILES string of the molecule is CCC1CCCN(C(=O)NCc2nnc3n2CCCCC3)CC1. The first-order valence-corrected chi connectivity index (χ1v) is 9.21. The molecular weight excluding hydrogens is 290 g/mol. The van der Waals surface area contributed by atoms with Gasteiger partial charge in [0, 0.05) is 26.1 Å². The molecule has 0 aromatic carbocycles. The van der Waals surface area contributed by atoms with Crippen molar-refractivity contribution < 1.29 is 4.79 Å². The Morgan fingerprint density at radius 2 is 2.04 bits per heavy atom. The maximum absolute atomic E-state index is 12.4. The summed E-state index contributed by atoms with van der Waals surface area (Å²) >= 11 is 0. The highest BCUT2D eigenvalue weighted by atomic mass is 16.2. The largest absolute Gasteiger partial charge is 0.331 e. The summed E-state index contributed by atoms with van der Waals surface area (Å²) in [5.74, 6) is 2.75. The van der Waals surface area contributed by atoms with Crippen LogP contribution in [-0.2, 0) is 19.5 Å². The first-order chi connectivity index (χ1) is 11.3. The smallest absolute Gasteiger partial charge is 0.317 e. The Hall–Kier alpha value is -1.59. The molecule has 0 bridgehead atoms. The second-order valence-electron chi connectivity index (χ2n) is 6.85. The van der Waals surface area contributed by atoms with Crippen molar-refractivity contribution in [2.24, 2.45) is 5.92 Å². The van der Waals surface area contributed by atoms with Gasteiger partial charge in [0.1, 0.15) is 5.82 Å². The molecule has 0 spiro atoms. The fourth-order valence-corrected chi connectivity index (χ4v) is 3.72. The average molecular weight is 319 g/mol. The van der Waals surface area contributed by atoms with Crippen molar-refractivity contribution >= 4 is 6.03 Å². The van der Waals surface area contributed by atoms with Crippen LogP contribution in [0.1, 0.15) is 63.5 Å². The maximum Gasteiger partial charge on any atom is 0.317 e. The van der Waals surface area contributed by atoms with Gasteiger partial charge in [-0.05, 0) is 38.0 Å². The quantitative estimate of drug-likeness (QED) is 0.932. The summed E-state index contributed by atoms with van der Waals surface area (Å²) in [5, 5.41) is 11.6. The average Bonchev–Trinajstić information content (AvgIpc) is 2.78. The zero-order valence-electron chi connectivity index (χ0n) is 14.3. The number of amides is 2. The summed E-state index contributed by atoms with van der Waals surface area (Å²) in [4.78, 5) is 14.4. The molecule has 6 nitrogen and oxygen atoms in total. The van der Waals surface area contributed by atoms with Gasteiger partial charge in [0.2, 0.25) is 0 Å². The maximum atomic E-state index is 12.4. The van der Waals surface area contributed by atoms with E-state index in [9.17, 15) is 4.79 Å². The van der Waals surface area contributed by atoms with Crippen LogP contribution in [0.25, 0.3) is 0 Å². The first kappa shape index (κ1) is 16.3. The van der Waals surface area contributed by atoms with Gasteiger partial charge in [0.05, 0.1) is 6.54 Å². The van der Waals surface area contributed by atoms with Gasteiger partial charge >= 0.3 is 6.03 Å². The van der Waals surface area contributed by atoms with Gasteiger partial charge in [-0.2, -0.15) is 0 Å². The van der Waals surface area contributed by atoms with Crippen molar-refractivity contribution in [3.63, 3.8) is 0 Å². The van der Waals surface area contributed by atoms with E-state index >= 15 is 0 Å². The van der Waals surface area contributed by atoms with Gasteiger partial charge in [-0.15, -0.1) is 10.2 Å². The third-order valence-corrected chi connectivity index (χ3v) is 5.30. The number of nitrogens with one attached hydrogen (secondary N) is 1. The number of hydrogen-bond acceptors (Lipinski definition) is 3. The summed E-state index contributed by atoms with van der Waals surface area (Å²) < 4.78 is 2.20. The van der Waals surface area contributed by atoms with E-state index in [0.717, 1.165) is 56.5 Å². The third-order valence-electron chi connectivity index (χ3n) is 5.30. The number of nitrogens with zero attached hydrogens (tertiary/aromatic N) is 4. The molecule has 1 atom stereocenters. The molecule has 1 N–H and O–H groups in total. The molecule has 3 rings (SSSR count). The summed E-state index contributed by atoms with van der Waals surface area (Å²) in [6.45, 7) is 5.47. The van der Waals surface area contributed by atoms with E-state index in [4.69, 9.17) is 0 Å². The van der Waals surface area contributed by atoms with E-state index in [1.165, 1.54) is 32.1 Å². The molecule has 23 heavy (non-hydrogen) atoms. The first-order valence-electron chi connectivity index (χ1n) is 9.21. The Kier molecular flexibility index (Phi) is 5.51. The van der Waals surface area contributed by atoms with Crippen molar-refractivity contribution in [3.8, 4) is 0 Å².